The first-order valence-corrected chi connectivity index (χ1v) is 3.13. The first kappa shape index (κ1) is 6.41. The van der Waals surface area contributed by atoms with Crippen molar-refractivity contribution in [2.45, 2.75) is 19.5 Å². The summed E-state index contributed by atoms with van der Waals surface area (Å²) in [6.07, 6.45) is -0.0318. The monoisotopic (exact) mass is 154 g/mol. The normalized spacial score (nSPS) is 14.5. The van der Waals surface area contributed by atoms with Crippen molar-refractivity contribution in [3.05, 3.63) is 0 Å². The molecule has 38 valence electrons. The van der Waals surface area contributed by atoms with Crippen molar-refractivity contribution >= 4 is 15.9 Å². The zero-order valence-corrected chi connectivity index (χ0v) is 5.33. The van der Waals surface area contributed by atoms with Crippen LogP contribution >= 0.6 is 15.9 Å². The zero-order chi connectivity index (χ0) is 4.99. The topological polar surface area (TPSA) is 0 Å². The summed E-state index contributed by atoms with van der Waals surface area (Å²) in [7, 11) is 0. The van der Waals surface area contributed by atoms with Crippen molar-refractivity contribution < 1.29 is 4.39 Å². The van der Waals surface area contributed by atoms with Gasteiger partial charge in [0, 0.05) is 5.33 Å². The van der Waals surface area contributed by atoms with E-state index in [0.717, 1.165) is 0 Å². The molecule has 0 rings (SSSR count). The van der Waals surface area contributed by atoms with Gasteiger partial charge in [-0.05, 0) is 6.42 Å². The Morgan fingerprint density at radius 3 is 2.33 bits per heavy atom. The maximum Gasteiger partial charge on any atom is 0.109 e. The van der Waals surface area contributed by atoms with Gasteiger partial charge in [-0.25, -0.2) is 4.39 Å². The molecule has 0 unspecified atom stereocenters. The average Bonchev–Trinajstić information content (AvgIpc) is 1.65. The minimum Gasteiger partial charge on any atom is -0.247 e. The van der Waals surface area contributed by atoms with Gasteiger partial charge in [-0.1, -0.05) is 22.9 Å². The Morgan fingerprint density at radius 1 is 1.83 bits per heavy atom. The molecule has 6 heavy (non-hydrogen) atoms. The third-order valence-corrected chi connectivity index (χ3v) is 1.31. The summed E-state index contributed by atoms with van der Waals surface area (Å²) in [5.74, 6) is 0. The van der Waals surface area contributed by atoms with Crippen LogP contribution in [0.3, 0.4) is 0 Å². The summed E-state index contributed by atoms with van der Waals surface area (Å²) in [5, 5.41) is 0.476. The predicted molar refractivity (Wildman–Crippen MR) is 29.0 cm³/mol. The van der Waals surface area contributed by atoms with Gasteiger partial charge in [0.2, 0.25) is 0 Å². The van der Waals surface area contributed by atoms with Crippen molar-refractivity contribution in [1.82, 2.24) is 0 Å². The number of rotatable bonds is 2. The molecule has 0 aliphatic carbocycles. The number of alkyl halides is 2. The Balaban J connectivity index is 2.75. The van der Waals surface area contributed by atoms with Crippen molar-refractivity contribution in [1.29, 1.82) is 0 Å². The summed E-state index contributed by atoms with van der Waals surface area (Å²) in [5.41, 5.74) is 0. The van der Waals surface area contributed by atoms with Crippen LogP contribution in [-0.2, 0) is 0 Å². The molecule has 0 N–H and O–H groups in total. The summed E-state index contributed by atoms with van der Waals surface area (Å²) in [6.45, 7) is 1.83. The van der Waals surface area contributed by atoms with Crippen molar-refractivity contribution in [3.8, 4) is 0 Å². The van der Waals surface area contributed by atoms with Gasteiger partial charge >= 0.3 is 0 Å². The molecule has 0 radical (unpaired) electrons. The molecule has 0 spiro atoms. The molecule has 2 heteroatoms. The second kappa shape index (κ2) is 3.59. The lowest BCUT2D eigenvalue weighted by atomic mass is 10.3. The quantitative estimate of drug-likeness (QED) is 0.535. The van der Waals surface area contributed by atoms with E-state index in [2.05, 4.69) is 15.9 Å². The van der Waals surface area contributed by atoms with E-state index in [-0.39, 0.29) is 0 Å². The van der Waals surface area contributed by atoms with E-state index < -0.39 is 6.17 Å². The van der Waals surface area contributed by atoms with Crippen LogP contribution in [0.15, 0.2) is 0 Å². The molecule has 0 amide bonds. The summed E-state index contributed by atoms with van der Waals surface area (Å²) < 4.78 is 11.8. The fourth-order valence-corrected chi connectivity index (χ4v) is 0.567. The minimum absolute atomic E-state index is 0.476. The van der Waals surface area contributed by atoms with Crippen LogP contribution in [0.4, 0.5) is 4.39 Å². The molecule has 0 aliphatic heterocycles. The Kier molecular flexibility index (Phi) is 3.84. The molecule has 0 aliphatic rings. The molecule has 0 saturated carbocycles. The molecule has 0 saturated heterocycles. The van der Waals surface area contributed by atoms with Gasteiger partial charge in [0.1, 0.15) is 6.17 Å². The Morgan fingerprint density at radius 2 is 2.33 bits per heavy atom. The highest BCUT2D eigenvalue weighted by molar-refractivity contribution is 9.09. The maximum absolute atomic E-state index is 11.8. The van der Waals surface area contributed by atoms with Crippen molar-refractivity contribution in [3.63, 3.8) is 0 Å². The first-order chi connectivity index (χ1) is 2.81. The average molecular weight is 155 g/mol. The van der Waals surface area contributed by atoms with Gasteiger partial charge in [-0.2, -0.15) is 0 Å². The Hall–Kier alpha value is 0.410. The van der Waals surface area contributed by atoms with Crippen molar-refractivity contribution in [2.24, 2.45) is 0 Å². The smallest absolute Gasteiger partial charge is 0.109 e. The number of hydrogen-bond acceptors (Lipinski definition) is 0. The molecule has 0 aromatic heterocycles. The maximum atomic E-state index is 11.8. The van der Waals surface area contributed by atoms with E-state index in [4.69, 9.17) is 0 Å². The van der Waals surface area contributed by atoms with Crippen LogP contribution in [-0.4, -0.2) is 11.5 Å². The number of halogens is 2. The molecule has 1 atom stereocenters. The summed E-state index contributed by atoms with van der Waals surface area (Å²) >= 11 is 3.00. The third-order valence-electron chi connectivity index (χ3n) is 0.610. The fourth-order valence-electron chi connectivity index (χ4n) is 0.109. The van der Waals surface area contributed by atoms with Gasteiger partial charge in [-0.3, -0.25) is 0 Å². The van der Waals surface area contributed by atoms with Crippen LogP contribution in [0, 0.1) is 0 Å². The second-order valence-electron chi connectivity index (χ2n) is 1.16. The molecule has 0 aromatic carbocycles. The van der Waals surface area contributed by atoms with Crippen LogP contribution in [0.2, 0.25) is 0 Å². The second-order valence-corrected chi connectivity index (χ2v) is 1.81. The van der Waals surface area contributed by atoms with Gasteiger partial charge in [0.05, 0.1) is 0 Å². The van der Waals surface area contributed by atoms with E-state index in [1.807, 2.05) is 6.92 Å². The molecule has 0 aromatic rings. The van der Waals surface area contributed by atoms with Crippen LogP contribution in [0.25, 0.3) is 0 Å². The molecule has 0 bridgehead atoms. The van der Waals surface area contributed by atoms with E-state index >= 15 is 0 Å². The van der Waals surface area contributed by atoms with Crippen LogP contribution in [0.1, 0.15) is 13.3 Å². The molecule has 0 heterocycles. The van der Waals surface area contributed by atoms with E-state index in [9.17, 15) is 4.39 Å². The number of hydrogen-bond donors (Lipinski definition) is 0. The lowest BCUT2D eigenvalue weighted by molar-refractivity contribution is 0.360. The fraction of sp³-hybridized carbons (Fsp3) is 1.00. The molecule has 0 nitrogen and oxygen atoms in total. The van der Waals surface area contributed by atoms with E-state index in [1.54, 1.807) is 0 Å². The first-order valence-electron chi connectivity index (χ1n) is 2.01. The predicted octanol–water partition coefficient (Wildman–Crippen LogP) is 2.13. The highest BCUT2D eigenvalue weighted by Gasteiger charge is 1.95. The highest BCUT2D eigenvalue weighted by atomic mass is 79.9. The van der Waals surface area contributed by atoms with Gasteiger partial charge < -0.3 is 0 Å². The van der Waals surface area contributed by atoms with Crippen molar-refractivity contribution in [2.75, 3.05) is 5.33 Å². The largest absolute Gasteiger partial charge is 0.247 e. The van der Waals surface area contributed by atoms with Gasteiger partial charge in [0.15, 0.2) is 0 Å². The molecule has 0 fully saturated rings. The molecular formula is C4H8BrF. The zero-order valence-electron chi connectivity index (χ0n) is 3.75. The SMILES string of the molecule is CC[C@H](F)CBr. The van der Waals surface area contributed by atoms with Crippen LogP contribution < -0.4 is 0 Å². The van der Waals surface area contributed by atoms with E-state index in [0.29, 0.717) is 11.8 Å². The summed E-state index contributed by atoms with van der Waals surface area (Å²) in [4.78, 5) is 0. The van der Waals surface area contributed by atoms with E-state index in [1.165, 1.54) is 0 Å². The highest BCUT2D eigenvalue weighted by Crippen LogP contribution is 1.98. The van der Waals surface area contributed by atoms with Gasteiger partial charge in [0.25, 0.3) is 0 Å². The third kappa shape index (κ3) is 2.64. The van der Waals surface area contributed by atoms with Gasteiger partial charge in [-0.15, -0.1) is 0 Å². The van der Waals surface area contributed by atoms with Crippen LogP contribution in [0.5, 0.6) is 0 Å². The minimum atomic E-state index is -0.648. The Bertz CT molecular complexity index is 26.7. The lowest BCUT2D eigenvalue weighted by Crippen LogP contribution is -1.96. The molecular weight excluding hydrogens is 147 g/mol. The standard InChI is InChI=1S/C4H8BrF/c1-2-4(6)3-5/h4H,2-3H2,1H3/t4-/m0/s1. The Labute approximate surface area is 45.9 Å². The lowest BCUT2D eigenvalue weighted by Gasteiger charge is -1.92. The summed E-state index contributed by atoms with van der Waals surface area (Å²) in [6, 6.07) is 0.